The molecule has 0 aliphatic carbocycles. The third kappa shape index (κ3) is 4.09. The van der Waals surface area contributed by atoms with E-state index < -0.39 is 23.4 Å². The topological polar surface area (TPSA) is 108 Å². The normalized spacial score (nSPS) is 11.3. The zero-order valence-electron chi connectivity index (χ0n) is 13.1. The summed E-state index contributed by atoms with van der Waals surface area (Å²) < 4.78 is 5.14. The van der Waals surface area contributed by atoms with Crippen LogP contribution in [0.1, 0.15) is 36.7 Å². The number of fused-ring (bicyclic) bond motifs is 1. The Morgan fingerprint density at radius 2 is 1.96 bits per heavy atom. The minimum absolute atomic E-state index is 0.110. The first-order chi connectivity index (χ1) is 10.7. The Labute approximate surface area is 132 Å². The van der Waals surface area contributed by atoms with Crippen molar-refractivity contribution in [1.82, 2.24) is 10.3 Å². The van der Waals surface area contributed by atoms with Crippen LogP contribution in [0.15, 0.2) is 24.4 Å². The number of hydrogen-bond acceptors (Lipinski definition) is 4. The molecule has 0 spiro atoms. The van der Waals surface area contributed by atoms with Gasteiger partial charge in [-0.15, -0.1) is 0 Å². The number of carbonyl (C=O) groups excluding carboxylic acids is 2. The maximum absolute atomic E-state index is 11.6. The smallest absolute Gasteiger partial charge is 0.407 e. The molecule has 0 aliphatic rings. The average Bonchev–Trinajstić information content (AvgIpc) is 2.85. The predicted molar refractivity (Wildman–Crippen MR) is 83.3 cm³/mol. The first kappa shape index (κ1) is 16.5. The first-order valence-corrected chi connectivity index (χ1v) is 7.02. The highest BCUT2D eigenvalue weighted by Gasteiger charge is 2.19. The van der Waals surface area contributed by atoms with Gasteiger partial charge in [-0.1, -0.05) is 12.1 Å². The molecular formula is C16H18N2O5. The van der Waals surface area contributed by atoms with E-state index in [-0.39, 0.29) is 12.1 Å². The molecule has 0 atom stereocenters. The number of Topliss-reactive ketones (excluding diaryl/α,β-unsaturated/α-hetero) is 1. The van der Waals surface area contributed by atoms with Gasteiger partial charge in [-0.25, -0.2) is 9.59 Å². The van der Waals surface area contributed by atoms with Crippen molar-refractivity contribution >= 4 is 28.7 Å². The van der Waals surface area contributed by atoms with Crippen molar-refractivity contribution in [3.05, 3.63) is 35.5 Å². The summed E-state index contributed by atoms with van der Waals surface area (Å²) in [6, 6.07) is 5.10. The number of carboxylic acids is 1. The number of aromatic nitrogens is 1. The Morgan fingerprint density at radius 3 is 2.57 bits per heavy atom. The summed E-state index contributed by atoms with van der Waals surface area (Å²) in [4.78, 5) is 36.8. The number of carboxylic acid groups (broad SMARTS) is 1. The molecule has 1 heterocycles. The van der Waals surface area contributed by atoms with Gasteiger partial charge in [-0.05, 0) is 32.4 Å². The maximum atomic E-state index is 11.6. The first-order valence-electron chi connectivity index (χ1n) is 7.02. The average molecular weight is 318 g/mol. The Bertz CT molecular complexity index is 770. The SMILES string of the molecule is CC(C)(C)OC(=O)NCc1ccc2c(C(=O)C(=O)O)c[nH]c2c1. The third-order valence-corrected chi connectivity index (χ3v) is 3.02. The zero-order chi connectivity index (χ0) is 17.2. The van der Waals surface area contributed by atoms with E-state index in [0.717, 1.165) is 5.56 Å². The number of benzene rings is 1. The quantitative estimate of drug-likeness (QED) is 0.593. The molecule has 0 bridgehead atoms. The second-order valence-electron chi connectivity index (χ2n) is 6.07. The number of alkyl carbamates (subject to hydrolysis) is 1. The molecule has 0 unspecified atom stereocenters. The van der Waals surface area contributed by atoms with Crippen LogP contribution in [0.4, 0.5) is 4.79 Å². The van der Waals surface area contributed by atoms with Gasteiger partial charge in [0.05, 0.1) is 5.56 Å². The van der Waals surface area contributed by atoms with Gasteiger partial charge >= 0.3 is 12.1 Å². The van der Waals surface area contributed by atoms with Gasteiger partial charge in [0.1, 0.15) is 5.60 Å². The molecule has 23 heavy (non-hydrogen) atoms. The van der Waals surface area contributed by atoms with E-state index in [1.54, 1.807) is 39.0 Å². The Balaban J connectivity index is 2.11. The summed E-state index contributed by atoms with van der Waals surface area (Å²) in [7, 11) is 0. The van der Waals surface area contributed by atoms with Gasteiger partial charge in [0, 0.05) is 23.6 Å². The van der Waals surface area contributed by atoms with Crippen molar-refractivity contribution in [3.8, 4) is 0 Å². The highest BCUT2D eigenvalue weighted by molar-refractivity contribution is 6.42. The van der Waals surface area contributed by atoms with E-state index in [1.807, 2.05) is 0 Å². The molecule has 7 nitrogen and oxygen atoms in total. The van der Waals surface area contributed by atoms with Gasteiger partial charge in [0.15, 0.2) is 0 Å². The van der Waals surface area contributed by atoms with Crippen LogP contribution >= 0.6 is 0 Å². The van der Waals surface area contributed by atoms with Crippen molar-refractivity contribution in [2.24, 2.45) is 0 Å². The third-order valence-electron chi connectivity index (χ3n) is 3.02. The van der Waals surface area contributed by atoms with Crippen molar-refractivity contribution in [2.45, 2.75) is 32.9 Å². The molecular weight excluding hydrogens is 300 g/mol. The number of hydrogen-bond donors (Lipinski definition) is 3. The van der Waals surface area contributed by atoms with Crippen LogP contribution in [0.25, 0.3) is 10.9 Å². The van der Waals surface area contributed by atoms with Gasteiger partial charge in [0.2, 0.25) is 0 Å². The van der Waals surface area contributed by atoms with Gasteiger partial charge in [-0.3, -0.25) is 4.79 Å². The highest BCUT2D eigenvalue weighted by atomic mass is 16.6. The zero-order valence-corrected chi connectivity index (χ0v) is 13.1. The Morgan fingerprint density at radius 1 is 1.26 bits per heavy atom. The number of carbonyl (C=O) groups is 3. The lowest BCUT2D eigenvalue weighted by atomic mass is 10.1. The Kier molecular flexibility index (Phi) is 4.40. The number of H-pyrrole nitrogens is 1. The molecule has 1 aromatic carbocycles. The number of ether oxygens (including phenoxy) is 1. The molecule has 0 radical (unpaired) electrons. The van der Waals surface area contributed by atoms with E-state index >= 15 is 0 Å². The minimum Gasteiger partial charge on any atom is -0.475 e. The van der Waals surface area contributed by atoms with E-state index in [0.29, 0.717) is 10.9 Å². The molecule has 2 rings (SSSR count). The fourth-order valence-corrected chi connectivity index (χ4v) is 2.07. The van der Waals surface area contributed by atoms with Crippen molar-refractivity contribution < 1.29 is 24.2 Å². The summed E-state index contributed by atoms with van der Waals surface area (Å²) in [6.45, 7) is 5.59. The van der Waals surface area contributed by atoms with Crippen LogP contribution in [-0.2, 0) is 16.1 Å². The van der Waals surface area contributed by atoms with Crippen LogP contribution in [0.5, 0.6) is 0 Å². The monoisotopic (exact) mass is 318 g/mol. The molecule has 1 aromatic heterocycles. The lowest BCUT2D eigenvalue weighted by Gasteiger charge is -2.19. The fourth-order valence-electron chi connectivity index (χ4n) is 2.07. The number of aliphatic carboxylic acids is 1. The number of ketones is 1. The van der Waals surface area contributed by atoms with Gasteiger partial charge in [0.25, 0.3) is 5.78 Å². The van der Waals surface area contributed by atoms with E-state index in [4.69, 9.17) is 9.84 Å². The lowest BCUT2D eigenvalue weighted by molar-refractivity contribution is -0.131. The van der Waals surface area contributed by atoms with Crippen LogP contribution in [-0.4, -0.2) is 33.5 Å². The van der Waals surface area contributed by atoms with E-state index in [2.05, 4.69) is 10.3 Å². The van der Waals surface area contributed by atoms with Gasteiger partial charge in [-0.2, -0.15) is 0 Å². The molecule has 7 heteroatoms. The van der Waals surface area contributed by atoms with Crippen LogP contribution < -0.4 is 5.32 Å². The number of rotatable bonds is 4. The van der Waals surface area contributed by atoms with Crippen molar-refractivity contribution in [1.29, 1.82) is 0 Å². The number of nitrogens with one attached hydrogen (secondary N) is 2. The molecule has 1 amide bonds. The molecule has 122 valence electrons. The molecule has 0 saturated heterocycles. The number of aromatic amines is 1. The largest absolute Gasteiger partial charge is 0.475 e. The van der Waals surface area contributed by atoms with Crippen LogP contribution in [0.2, 0.25) is 0 Å². The molecule has 0 saturated carbocycles. The minimum atomic E-state index is -1.50. The second-order valence-corrected chi connectivity index (χ2v) is 6.07. The van der Waals surface area contributed by atoms with E-state index in [9.17, 15) is 14.4 Å². The van der Waals surface area contributed by atoms with Crippen molar-refractivity contribution in [2.75, 3.05) is 0 Å². The van der Waals surface area contributed by atoms with Crippen LogP contribution in [0, 0.1) is 0 Å². The van der Waals surface area contributed by atoms with Crippen molar-refractivity contribution in [3.63, 3.8) is 0 Å². The fraction of sp³-hybridized carbons (Fsp3) is 0.312. The summed E-state index contributed by atoms with van der Waals surface area (Å²) >= 11 is 0. The van der Waals surface area contributed by atoms with Gasteiger partial charge < -0.3 is 20.1 Å². The number of amides is 1. The molecule has 2 aromatic rings. The molecule has 3 N–H and O–H groups in total. The second kappa shape index (κ2) is 6.12. The summed E-state index contributed by atoms with van der Waals surface area (Å²) in [6.07, 6.45) is 0.845. The summed E-state index contributed by atoms with van der Waals surface area (Å²) in [5.74, 6) is -2.46. The molecule has 0 fully saturated rings. The van der Waals surface area contributed by atoms with Crippen LogP contribution in [0.3, 0.4) is 0 Å². The maximum Gasteiger partial charge on any atom is 0.407 e. The Hall–Kier alpha value is -2.83. The molecule has 0 aliphatic heterocycles. The summed E-state index contributed by atoms with van der Waals surface area (Å²) in [5, 5.41) is 11.9. The summed E-state index contributed by atoms with van der Waals surface area (Å²) in [5.41, 5.74) is 0.955. The predicted octanol–water partition coefficient (Wildman–Crippen LogP) is 2.46. The highest BCUT2D eigenvalue weighted by Crippen LogP contribution is 2.20. The standard InChI is InChI=1S/C16H18N2O5/c1-16(2,3)23-15(22)18-7-9-4-5-10-11(13(19)14(20)21)8-17-12(10)6-9/h4-6,8,17H,7H2,1-3H3,(H,18,22)(H,20,21). The van der Waals surface area contributed by atoms with E-state index in [1.165, 1.54) is 6.20 Å². The lowest BCUT2D eigenvalue weighted by Crippen LogP contribution is -2.32.